The van der Waals surface area contributed by atoms with Crippen LogP contribution in [0.15, 0.2) is 30.3 Å². The molecule has 23 heavy (non-hydrogen) atoms. The molecule has 3 rings (SSSR count). The molecule has 0 unspecified atom stereocenters. The summed E-state index contributed by atoms with van der Waals surface area (Å²) in [6.45, 7) is 2.79. The van der Waals surface area contributed by atoms with Gasteiger partial charge in [-0.15, -0.1) is 10.2 Å². The number of aromatic nitrogens is 4. The van der Waals surface area contributed by atoms with E-state index in [1.807, 2.05) is 42.3 Å². The molecule has 0 bridgehead atoms. The monoisotopic (exact) mass is 314 g/mol. The molecule has 1 aliphatic heterocycles. The standard InChI is InChI=1S/C16H22N6O/c1-17-11-13-7-9-21(10-8-13)15(23)12-22-19-16(18-20-22)14-5-3-2-4-6-14/h2-6,13,17H,7-12H2,1H3. The minimum atomic E-state index is 0.0601. The Bertz CT molecular complexity index is 633. The SMILES string of the molecule is CNCC1CCN(C(=O)Cn2nnc(-c3ccccc3)n2)CC1. The van der Waals surface area contributed by atoms with Gasteiger partial charge in [0.15, 0.2) is 0 Å². The molecule has 7 nitrogen and oxygen atoms in total. The summed E-state index contributed by atoms with van der Waals surface area (Å²) < 4.78 is 0. The van der Waals surface area contributed by atoms with Crippen LogP contribution in [0.4, 0.5) is 0 Å². The number of nitrogens with zero attached hydrogens (tertiary/aromatic N) is 5. The maximum atomic E-state index is 12.4. The maximum absolute atomic E-state index is 12.4. The van der Waals surface area contributed by atoms with Crippen LogP contribution in [-0.2, 0) is 11.3 Å². The summed E-state index contributed by atoms with van der Waals surface area (Å²) in [5.74, 6) is 1.27. The first kappa shape index (κ1) is 15.6. The van der Waals surface area contributed by atoms with Crippen molar-refractivity contribution in [2.24, 2.45) is 5.92 Å². The van der Waals surface area contributed by atoms with Crippen molar-refractivity contribution in [2.45, 2.75) is 19.4 Å². The van der Waals surface area contributed by atoms with Crippen molar-refractivity contribution in [3.05, 3.63) is 30.3 Å². The number of likely N-dealkylation sites (tertiary alicyclic amines) is 1. The zero-order valence-corrected chi connectivity index (χ0v) is 13.4. The van der Waals surface area contributed by atoms with Gasteiger partial charge in [0.05, 0.1) is 0 Å². The summed E-state index contributed by atoms with van der Waals surface area (Å²) in [6, 6.07) is 9.65. The van der Waals surface area contributed by atoms with Gasteiger partial charge in [0.25, 0.3) is 0 Å². The van der Waals surface area contributed by atoms with Gasteiger partial charge in [-0.25, -0.2) is 0 Å². The highest BCUT2D eigenvalue weighted by Crippen LogP contribution is 2.17. The van der Waals surface area contributed by atoms with Crippen molar-refractivity contribution >= 4 is 5.91 Å². The Balaban J connectivity index is 1.56. The van der Waals surface area contributed by atoms with Crippen molar-refractivity contribution in [1.82, 2.24) is 30.4 Å². The number of nitrogens with one attached hydrogen (secondary N) is 1. The summed E-state index contributed by atoms with van der Waals surface area (Å²) in [4.78, 5) is 15.6. The predicted molar refractivity (Wildman–Crippen MR) is 86.5 cm³/mol. The van der Waals surface area contributed by atoms with E-state index in [-0.39, 0.29) is 12.5 Å². The lowest BCUT2D eigenvalue weighted by atomic mass is 9.97. The fourth-order valence-corrected chi connectivity index (χ4v) is 2.91. The Morgan fingerprint density at radius 3 is 2.70 bits per heavy atom. The largest absolute Gasteiger partial charge is 0.341 e. The van der Waals surface area contributed by atoms with Gasteiger partial charge in [-0.3, -0.25) is 4.79 Å². The average molecular weight is 314 g/mol. The van der Waals surface area contributed by atoms with Gasteiger partial charge in [0.2, 0.25) is 11.7 Å². The predicted octanol–water partition coefficient (Wildman–Crippen LogP) is 0.798. The number of hydrogen-bond acceptors (Lipinski definition) is 5. The van der Waals surface area contributed by atoms with E-state index >= 15 is 0 Å². The van der Waals surface area contributed by atoms with Crippen LogP contribution in [0.5, 0.6) is 0 Å². The van der Waals surface area contributed by atoms with Gasteiger partial charge in [-0.1, -0.05) is 30.3 Å². The molecule has 2 aromatic rings. The lowest BCUT2D eigenvalue weighted by Gasteiger charge is -2.31. The molecule has 0 saturated carbocycles. The van der Waals surface area contributed by atoms with Crippen LogP contribution in [0.25, 0.3) is 11.4 Å². The van der Waals surface area contributed by atoms with Crippen LogP contribution in [0.3, 0.4) is 0 Å². The molecule has 1 aliphatic rings. The van der Waals surface area contributed by atoms with E-state index in [2.05, 4.69) is 20.7 Å². The molecule has 7 heteroatoms. The Morgan fingerprint density at radius 1 is 1.26 bits per heavy atom. The van der Waals surface area contributed by atoms with Crippen molar-refractivity contribution < 1.29 is 4.79 Å². The molecule has 1 aromatic carbocycles. The molecular weight excluding hydrogens is 292 g/mol. The zero-order chi connectivity index (χ0) is 16.1. The fourth-order valence-electron chi connectivity index (χ4n) is 2.91. The summed E-state index contributed by atoms with van der Waals surface area (Å²) in [7, 11) is 1.97. The molecular formula is C16H22N6O. The van der Waals surface area contributed by atoms with Gasteiger partial charge in [0, 0.05) is 18.7 Å². The minimum Gasteiger partial charge on any atom is -0.341 e. The Hall–Kier alpha value is -2.28. The van der Waals surface area contributed by atoms with E-state index in [0.717, 1.165) is 38.0 Å². The Morgan fingerprint density at radius 2 is 2.00 bits per heavy atom. The normalized spacial score (nSPS) is 15.8. The zero-order valence-electron chi connectivity index (χ0n) is 13.4. The number of hydrogen-bond donors (Lipinski definition) is 1. The molecule has 1 aromatic heterocycles. The number of piperidine rings is 1. The molecule has 1 saturated heterocycles. The maximum Gasteiger partial charge on any atom is 0.246 e. The van der Waals surface area contributed by atoms with E-state index in [1.54, 1.807) is 0 Å². The molecule has 1 amide bonds. The quantitative estimate of drug-likeness (QED) is 0.883. The van der Waals surface area contributed by atoms with Crippen molar-refractivity contribution in [2.75, 3.05) is 26.7 Å². The van der Waals surface area contributed by atoms with Gasteiger partial charge < -0.3 is 10.2 Å². The van der Waals surface area contributed by atoms with Gasteiger partial charge in [-0.2, -0.15) is 4.80 Å². The van der Waals surface area contributed by atoms with E-state index in [9.17, 15) is 4.79 Å². The second-order valence-electron chi connectivity index (χ2n) is 5.89. The molecule has 0 aliphatic carbocycles. The van der Waals surface area contributed by atoms with Crippen LogP contribution in [0.2, 0.25) is 0 Å². The van der Waals surface area contributed by atoms with E-state index < -0.39 is 0 Å². The third-order valence-electron chi connectivity index (χ3n) is 4.22. The van der Waals surface area contributed by atoms with E-state index in [1.165, 1.54) is 4.80 Å². The lowest BCUT2D eigenvalue weighted by molar-refractivity contribution is -0.133. The molecule has 1 N–H and O–H groups in total. The van der Waals surface area contributed by atoms with E-state index in [4.69, 9.17) is 0 Å². The molecule has 122 valence electrons. The second kappa shape index (κ2) is 7.32. The third-order valence-corrected chi connectivity index (χ3v) is 4.22. The number of amides is 1. The van der Waals surface area contributed by atoms with Gasteiger partial charge in [-0.05, 0) is 37.6 Å². The summed E-state index contributed by atoms with van der Waals surface area (Å²) in [6.07, 6.45) is 2.10. The van der Waals surface area contributed by atoms with Gasteiger partial charge in [0.1, 0.15) is 6.54 Å². The summed E-state index contributed by atoms with van der Waals surface area (Å²) >= 11 is 0. The highest BCUT2D eigenvalue weighted by molar-refractivity contribution is 5.75. The second-order valence-corrected chi connectivity index (χ2v) is 5.89. The first-order chi connectivity index (χ1) is 11.3. The van der Waals surface area contributed by atoms with Crippen molar-refractivity contribution in [3.8, 4) is 11.4 Å². The number of benzene rings is 1. The molecule has 1 fully saturated rings. The average Bonchev–Trinajstić information content (AvgIpc) is 3.05. The Kier molecular flexibility index (Phi) is 4.97. The topological polar surface area (TPSA) is 75.9 Å². The smallest absolute Gasteiger partial charge is 0.246 e. The summed E-state index contributed by atoms with van der Waals surface area (Å²) in [5.41, 5.74) is 0.902. The molecule has 2 heterocycles. The number of carbonyl (C=O) groups is 1. The van der Waals surface area contributed by atoms with Crippen LogP contribution in [-0.4, -0.2) is 57.7 Å². The summed E-state index contributed by atoms with van der Waals surface area (Å²) in [5, 5.41) is 15.5. The molecule has 0 spiro atoms. The van der Waals surface area contributed by atoms with Crippen LogP contribution < -0.4 is 5.32 Å². The molecule has 0 radical (unpaired) electrons. The van der Waals surface area contributed by atoms with Crippen molar-refractivity contribution in [3.63, 3.8) is 0 Å². The van der Waals surface area contributed by atoms with Crippen LogP contribution in [0.1, 0.15) is 12.8 Å². The Labute approximate surface area is 135 Å². The number of tetrazole rings is 1. The van der Waals surface area contributed by atoms with Crippen LogP contribution in [0, 0.1) is 5.92 Å². The highest BCUT2D eigenvalue weighted by atomic mass is 16.2. The first-order valence-electron chi connectivity index (χ1n) is 8.02. The fraction of sp³-hybridized carbons (Fsp3) is 0.500. The third kappa shape index (κ3) is 3.92. The molecule has 0 atom stereocenters. The lowest BCUT2D eigenvalue weighted by Crippen LogP contribution is -2.42. The van der Waals surface area contributed by atoms with Crippen LogP contribution >= 0.6 is 0 Å². The highest BCUT2D eigenvalue weighted by Gasteiger charge is 2.23. The number of rotatable bonds is 5. The minimum absolute atomic E-state index is 0.0601. The van der Waals surface area contributed by atoms with E-state index in [0.29, 0.717) is 11.7 Å². The number of carbonyl (C=O) groups excluding carboxylic acids is 1. The first-order valence-corrected chi connectivity index (χ1v) is 8.02. The van der Waals surface area contributed by atoms with Gasteiger partial charge >= 0.3 is 0 Å². The van der Waals surface area contributed by atoms with Crippen molar-refractivity contribution in [1.29, 1.82) is 0 Å².